The highest BCUT2D eigenvalue weighted by molar-refractivity contribution is 5.64. The molecule has 12 aromatic rings. The van der Waals surface area contributed by atoms with Crippen LogP contribution in [0.4, 0.5) is 0 Å². The van der Waals surface area contributed by atoms with Crippen molar-refractivity contribution in [3.8, 4) is 67.5 Å². The molecular weight excluding hydrogens is 1030 g/mol. The van der Waals surface area contributed by atoms with Crippen LogP contribution in [0.5, 0.6) is 0 Å². The second kappa shape index (κ2) is 29.3. The average Bonchev–Trinajstić information content (AvgIpc) is 4.41. The van der Waals surface area contributed by atoms with E-state index in [1.807, 2.05) is 105 Å². The van der Waals surface area contributed by atoms with Crippen LogP contribution in [-0.2, 0) is 25.7 Å². The maximum absolute atomic E-state index is 4.67. The molecule has 0 radical (unpaired) electrons. The molecule has 8 aromatic heterocycles. The second-order valence-electron chi connectivity index (χ2n) is 21.1. The quantitative estimate of drug-likeness (QED) is 0.0937. The monoisotopic (exact) mass is 1110 g/mol. The van der Waals surface area contributed by atoms with E-state index in [9.17, 15) is 0 Å². The van der Waals surface area contributed by atoms with Crippen LogP contribution in [0.2, 0.25) is 0 Å². The molecule has 0 amide bonds. The molecule has 4 aromatic carbocycles. The van der Waals surface area contributed by atoms with Crippen molar-refractivity contribution in [2.75, 3.05) is 0 Å². The van der Waals surface area contributed by atoms with Crippen LogP contribution in [0, 0.1) is 27.7 Å². The zero-order valence-corrected chi connectivity index (χ0v) is 49.8. The molecule has 424 valence electrons. The Morgan fingerprint density at radius 3 is 0.857 bits per heavy atom. The number of aryl methyl sites for hydroxylation is 8. The van der Waals surface area contributed by atoms with Gasteiger partial charge in [-0.2, -0.15) is 20.4 Å². The van der Waals surface area contributed by atoms with E-state index in [0.29, 0.717) is 0 Å². The minimum absolute atomic E-state index is 0.990. The van der Waals surface area contributed by atoms with Crippen molar-refractivity contribution in [3.63, 3.8) is 0 Å². The van der Waals surface area contributed by atoms with Gasteiger partial charge in [-0.1, -0.05) is 173 Å². The SMILES string of the molecule is CCCc1cc(-n2cc(-c3ccc(C)cc3)cn2)ccn1.CCCc1cc(-n2cc(-c3ccc(C)cc3)cn2)ccn1.CCCc1cc(-n2ccc(-c3ccc(C)cc3)n2)ccn1.CCCc1cc(-n2ccc(-c3ccc(C)cc3)n2)ccn1. The molecule has 0 bridgehead atoms. The van der Waals surface area contributed by atoms with Crippen LogP contribution in [0.15, 0.2) is 220 Å². The van der Waals surface area contributed by atoms with Crippen LogP contribution in [0.25, 0.3) is 67.5 Å². The lowest BCUT2D eigenvalue weighted by molar-refractivity contribution is 0.848. The Hall–Kier alpha value is -9.68. The standard InChI is InChI=1S/4C18H19N3/c2*1-3-4-16-13-17(9-11-19-16)21-12-10-18(20-21)15-7-5-14(2)6-8-15;2*1-3-4-17-11-18(9-10-19-17)21-13-16(12-20-21)15-7-5-14(2)6-8-15/h4*5-13H,3-4H2,1-2H3. The Balaban J connectivity index is 0.000000134. The highest BCUT2D eigenvalue weighted by atomic mass is 15.3. The molecule has 12 rings (SSSR count). The van der Waals surface area contributed by atoms with Gasteiger partial charge in [-0.3, -0.25) is 19.9 Å². The maximum atomic E-state index is 4.67. The third-order valence-electron chi connectivity index (χ3n) is 14.1. The fourth-order valence-corrected chi connectivity index (χ4v) is 9.41. The third kappa shape index (κ3) is 16.3. The molecule has 8 heterocycles. The summed E-state index contributed by atoms with van der Waals surface area (Å²) in [4.78, 5) is 17.6. The van der Waals surface area contributed by atoms with E-state index >= 15 is 0 Å². The van der Waals surface area contributed by atoms with E-state index in [1.54, 1.807) is 0 Å². The molecule has 0 saturated carbocycles. The van der Waals surface area contributed by atoms with Crippen LogP contribution >= 0.6 is 0 Å². The lowest BCUT2D eigenvalue weighted by Crippen LogP contribution is -1.98. The van der Waals surface area contributed by atoms with Gasteiger partial charge in [-0.15, -0.1) is 0 Å². The third-order valence-corrected chi connectivity index (χ3v) is 14.1. The molecule has 0 aliphatic heterocycles. The van der Waals surface area contributed by atoms with Crippen LogP contribution < -0.4 is 0 Å². The van der Waals surface area contributed by atoms with Gasteiger partial charge in [-0.25, -0.2) is 18.7 Å². The molecule has 84 heavy (non-hydrogen) atoms. The van der Waals surface area contributed by atoms with Gasteiger partial charge in [0.2, 0.25) is 0 Å². The first-order chi connectivity index (χ1) is 41.0. The molecule has 12 nitrogen and oxygen atoms in total. The fourth-order valence-electron chi connectivity index (χ4n) is 9.41. The van der Waals surface area contributed by atoms with E-state index in [2.05, 4.69) is 229 Å². The lowest BCUT2D eigenvalue weighted by atomic mass is 10.1. The van der Waals surface area contributed by atoms with E-state index < -0.39 is 0 Å². The summed E-state index contributed by atoms with van der Waals surface area (Å²) in [5, 5.41) is 18.3. The smallest absolute Gasteiger partial charge is 0.0927 e. The van der Waals surface area contributed by atoms with Gasteiger partial charge in [-0.05, 0) is 125 Å². The zero-order chi connectivity index (χ0) is 58.6. The fraction of sp³-hybridized carbons (Fsp3) is 0.222. The number of pyridine rings is 4. The van der Waals surface area contributed by atoms with Crippen molar-refractivity contribution in [1.82, 2.24) is 59.1 Å². The molecule has 0 aliphatic rings. The summed E-state index contributed by atoms with van der Waals surface area (Å²) in [6, 6.07) is 54.4. The van der Waals surface area contributed by atoms with Crippen LogP contribution in [0.1, 0.15) is 98.4 Å². The van der Waals surface area contributed by atoms with E-state index in [1.165, 1.54) is 33.4 Å². The second-order valence-corrected chi connectivity index (χ2v) is 21.1. The summed E-state index contributed by atoms with van der Waals surface area (Å²) in [6.07, 6.45) is 27.8. The first kappa shape index (κ1) is 59.0. The van der Waals surface area contributed by atoms with Gasteiger partial charge in [0, 0.05) is 94.6 Å². The summed E-state index contributed by atoms with van der Waals surface area (Å²) in [6.45, 7) is 17.0. The van der Waals surface area contributed by atoms with Crippen molar-refractivity contribution in [1.29, 1.82) is 0 Å². The molecule has 12 heteroatoms. The largest absolute Gasteiger partial charge is 0.261 e. The molecule has 0 N–H and O–H groups in total. The first-order valence-electron chi connectivity index (χ1n) is 29.3. The topological polar surface area (TPSA) is 123 Å². The summed E-state index contributed by atoms with van der Waals surface area (Å²) in [7, 11) is 0. The van der Waals surface area contributed by atoms with Crippen molar-refractivity contribution < 1.29 is 0 Å². The van der Waals surface area contributed by atoms with Crippen molar-refractivity contribution in [3.05, 3.63) is 265 Å². The number of nitrogens with zero attached hydrogens (tertiary/aromatic N) is 12. The summed E-state index contributed by atoms with van der Waals surface area (Å²) < 4.78 is 7.65. The molecule has 0 aliphatic carbocycles. The minimum Gasteiger partial charge on any atom is -0.261 e. The Labute approximate surface area is 495 Å². The van der Waals surface area contributed by atoms with Gasteiger partial charge in [0.25, 0.3) is 0 Å². The van der Waals surface area contributed by atoms with Gasteiger partial charge < -0.3 is 0 Å². The predicted molar refractivity (Wildman–Crippen MR) is 342 cm³/mol. The van der Waals surface area contributed by atoms with E-state index in [-0.39, 0.29) is 0 Å². The summed E-state index contributed by atoms with van der Waals surface area (Å²) >= 11 is 0. The molecule has 0 saturated heterocycles. The maximum Gasteiger partial charge on any atom is 0.0927 e. The van der Waals surface area contributed by atoms with Gasteiger partial charge in [0.05, 0.1) is 46.5 Å². The van der Waals surface area contributed by atoms with E-state index in [0.717, 1.165) is 131 Å². The van der Waals surface area contributed by atoms with Gasteiger partial charge in [0.1, 0.15) is 0 Å². The predicted octanol–water partition coefficient (Wildman–Crippen LogP) is 16.8. The molecular formula is C72H76N12. The molecule has 0 atom stereocenters. The number of rotatable bonds is 16. The van der Waals surface area contributed by atoms with E-state index in [4.69, 9.17) is 0 Å². The molecule has 0 spiro atoms. The lowest BCUT2D eigenvalue weighted by Gasteiger charge is -2.04. The average molecular weight is 1110 g/mol. The number of aromatic nitrogens is 12. The Bertz CT molecular complexity index is 3420. The first-order valence-corrected chi connectivity index (χ1v) is 29.3. The van der Waals surface area contributed by atoms with Crippen molar-refractivity contribution in [2.45, 2.75) is 107 Å². The molecule has 0 unspecified atom stereocenters. The summed E-state index contributed by atoms with van der Waals surface area (Å²) in [5.41, 5.74) is 22.7. The van der Waals surface area contributed by atoms with Gasteiger partial charge >= 0.3 is 0 Å². The highest BCUT2D eigenvalue weighted by Crippen LogP contribution is 2.25. The van der Waals surface area contributed by atoms with Crippen molar-refractivity contribution in [2.24, 2.45) is 0 Å². The molecule has 0 fully saturated rings. The van der Waals surface area contributed by atoms with Crippen molar-refractivity contribution >= 4 is 0 Å². The Kier molecular flexibility index (Phi) is 20.6. The Morgan fingerprint density at radius 2 is 0.571 bits per heavy atom. The van der Waals surface area contributed by atoms with Crippen LogP contribution in [-0.4, -0.2) is 59.1 Å². The highest BCUT2D eigenvalue weighted by Gasteiger charge is 2.10. The Morgan fingerprint density at radius 1 is 0.298 bits per heavy atom. The minimum atomic E-state index is 0.990. The zero-order valence-electron chi connectivity index (χ0n) is 49.8. The number of hydrogen-bond donors (Lipinski definition) is 0. The normalized spacial score (nSPS) is 10.8. The summed E-state index contributed by atoms with van der Waals surface area (Å²) in [5.74, 6) is 0. The van der Waals surface area contributed by atoms with Gasteiger partial charge in [0.15, 0.2) is 0 Å². The number of hydrogen-bond acceptors (Lipinski definition) is 8. The number of benzene rings is 4. The van der Waals surface area contributed by atoms with Crippen LogP contribution in [0.3, 0.4) is 0 Å².